The molecule has 0 saturated heterocycles. The summed E-state index contributed by atoms with van der Waals surface area (Å²) in [4.78, 5) is 35.7. The quantitative estimate of drug-likeness (QED) is 0.0146. The first-order chi connectivity index (χ1) is 30.4. The van der Waals surface area contributed by atoms with Gasteiger partial charge in [-0.1, -0.05) is 179 Å². The van der Waals surface area contributed by atoms with Crippen LogP contribution < -0.4 is 0 Å². The SMILES string of the molecule is CCCC/C=C/CCCCCCCC(=O)O[C@H](COC(=O)CCC/C=C/CCCCCCCCCCCCCCCCCCCC)COP(=O)(O)OC1C(O)C(O)C(O)[C@@H](O)C1O. The molecule has 6 unspecified atom stereocenters. The summed E-state index contributed by atoms with van der Waals surface area (Å²) in [5.74, 6) is -1.14. The van der Waals surface area contributed by atoms with Crippen molar-refractivity contribution in [3.63, 3.8) is 0 Å². The summed E-state index contributed by atoms with van der Waals surface area (Å²) < 4.78 is 33.5. The molecule has 1 aliphatic carbocycles. The van der Waals surface area contributed by atoms with Gasteiger partial charge >= 0.3 is 19.8 Å². The van der Waals surface area contributed by atoms with Gasteiger partial charge in [0.05, 0.1) is 6.61 Å². The highest BCUT2D eigenvalue weighted by Crippen LogP contribution is 2.47. The Hall–Kier alpha value is -1.67. The second kappa shape index (κ2) is 39.5. The summed E-state index contributed by atoms with van der Waals surface area (Å²) in [7, 11) is -5.12. The van der Waals surface area contributed by atoms with Crippen LogP contribution in [0.4, 0.5) is 0 Å². The Morgan fingerprint density at radius 1 is 0.476 bits per heavy atom. The molecule has 0 aromatic carbocycles. The van der Waals surface area contributed by atoms with E-state index in [9.17, 15) is 44.6 Å². The average Bonchev–Trinajstić information content (AvgIpc) is 3.26. The average molecular weight is 919 g/mol. The zero-order valence-corrected chi connectivity index (χ0v) is 40.3. The van der Waals surface area contributed by atoms with Gasteiger partial charge in [-0.3, -0.25) is 18.6 Å². The van der Waals surface area contributed by atoms with E-state index in [1.807, 2.05) is 0 Å². The summed E-state index contributed by atoms with van der Waals surface area (Å²) in [6.07, 6.45) is 31.2. The molecule has 63 heavy (non-hydrogen) atoms. The van der Waals surface area contributed by atoms with Crippen LogP contribution in [0.25, 0.3) is 0 Å². The summed E-state index contributed by atoms with van der Waals surface area (Å²) in [5, 5.41) is 50.1. The molecule has 370 valence electrons. The van der Waals surface area contributed by atoms with Crippen LogP contribution in [0.1, 0.15) is 219 Å². The van der Waals surface area contributed by atoms with Gasteiger partial charge in [0.2, 0.25) is 0 Å². The maximum absolute atomic E-state index is 12.8. The highest BCUT2D eigenvalue weighted by Gasteiger charge is 2.51. The molecule has 0 aliphatic heterocycles. The Bertz CT molecular complexity index is 1200. The first-order valence-electron chi connectivity index (χ1n) is 25.1. The summed E-state index contributed by atoms with van der Waals surface area (Å²) >= 11 is 0. The molecule has 0 spiro atoms. The van der Waals surface area contributed by atoms with Gasteiger partial charge in [0, 0.05) is 12.8 Å². The lowest BCUT2D eigenvalue weighted by molar-refractivity contribution is -0.220. The molecule has 0 radical (unpaired) electrons. The third-order valence-electron chi connectivity index (χ3n) is 11.8. The van der Waals surface area contributed by atoms with Crippen molar-refractivity contribution in [2.75, 3.05) is 13.2 Å². The Balaban J connectivity index is 2.35. The Kier molecular flexibility index (Phi) is 37.2. The number of rotatable bonds is 42. The van der Waals surface area contributed by atoms with E-state index in [2.05, 4.69) is 38.2 Å². The van der Waals surface area contributed by atoms with Crippen molar-refractivity contribution in [2.24, 2.45) is 0 Å². The molecule has 0 amide bonds. The molecule has 6 N–H and O–H groups in total. The number of aliphatic hydroxyl groups excluding tert-OH is 5. The Labute approximate surface area is 381 Å². The molecule has 0 aromatic heterocycles. The van der Waals surface area contributed by atoms with Gasteiger partial charge in [-0.05, 0) is 51.4 Å². The second-order valence-corrected chi connectivity index (χ2v) is 19.1. The fourth-order valence-corrected chi connectivity index (χ4v) is 8.66. The van der Waals surface area contributed by atoms with Gasteiger partial charge in [0.25, 0.3) is 0 Å². The van der Waals surface area contributed by atoms with Crippen LogP contribution in [-0.2, 0) is 32.7 Å². The van der Waals surface area contributed by atoms with Crippen LogP contribution in [0, 0.1) is 0 Å². The van der Waals surface area contributed by atoms with Crippen molar-refractivity contribution >= 4 is 19.8 Å². The zero-order chi connectivity index (χ0) is 46.4. The van der Waals surface area contributed by atoms with E-state index in [1.54, 1.807) is 0 Å². The molecular formula is C49H91O13P. The number of hydrogen-bond acceptors (Lipinski definition) is 12. The molecule has 0 bridgehead atoms. The maximum atomic E-state index is 12.8. The predicted molar refractivity (Wildman–Crippen MR) is 249 cm³/mol. The number of unbranched alkanes of at least 4 members (excludes halogenated alkanes) is 26. The first-order valence-corrected chi connectivity index (χ1v) is 26.6. The normalized spacial score (nSPS) is 21.8. The van der Waals surface area contributed by atoms with Crippen LogP contribution in [-0.4, -0.2) is 98.3 Å². The monoisotopic (exact) mass is 919 g/mol. The summed E-state index contributed by atoms with van der Waals surface area (Å²) in [6.45, 7) is 3.24. The van der Waals surface area contributed by atoms with Crippen molar-refractivity contribution in [1.29, 1.82) is 0 Å². The number of hydrogen-bond donors (Lipinski definition) is 6. The molecule has 1 fully saturated rings. The number of ether oxygens (including phenoxy) is 2. The molecule has 14 heteroatoms. The van der Waals surface area contributed by atoms with Crippen LogP contribution in [0.2, 0.25) is 0 Å². The van der Waals surface area contributed by atoms with Crippen molar-refractivity contribution in [1.82, 2.24) is 0 Å². The maximum Gasteiger partial charge on any atom is 0.472 e. The lowest BCUT2D eigenvalue weighted by Gasteiger charge is -2.41. The van der Waals surface area contributed by atoms with E-state index >= 15 is 0 Å². The van der Waals surface area contributed by atoms with Crippen LogP contribution in [0.3, 0.4) is 0 Å². The standard InChI is InChI=1S/C49H91O13P/c1-3-5-7-9-11-13-15-16-17-18-19-20-21-22-23-24-25-26-28-29-31-33-35-37-42(50)59-39-41(61-43(51)38-36-34-32-30-27-14-12-10-8-6-4-2)40-60-63(57,58)62-49-47(55)45(53)44(52)46(54)48(49)56/h10,12,29,31,41,44-49,52-56H,3-9,11,13-28,30,32-40H2,1-2H3,(H,57,58)/b12-10+,31-29+/t41-,44?,45-,46?,47?,48?,49?/m1/s1. The van der Waals surface area contributed by atoms with Crippen molar-refractivity contribution in [3.05, 3.63) is 24.3 Å². The van der Waals surface area contributed by atoms with Crippen molar-refractivity contribution in [2.45, 2.75) is 262 Å². The number of phosphoric ester groups is 1. The lowest BCUT2D eigenvalue weighted by atomic mass is 9.85. The van der Waals surface area contributed by atoms with Gasteiger partial charge in [-0.2, -0.15) is 0 Å². The molecule has 0 heterocycles. The van der Waals surface area contributed by atoms with Crippen molar-refractivity contribution in [3.8, 4) is 0 Å². The smallest absolute Gasteiger partial charge is 0.462 e. The number of aliphatic hydroxyl groups is 5. The van der Waals surface area contributed by atoms with E-state index in [4.69, 9.17) is 18.5 Å². The third kappa shape index (κ3) is 31.8. The number of phosphoric acid groups is 1. The number of allylic oxidation sites excluding steroid dienone is 4. The first kappa shape index (κ1) is 59.3. The summed E-state index contributed by atoms with van der Waals surface area (Å²) in [5.41, 5.74) is 0. The van der Waals surface area contributed by atoms with Gasteiger partial charge in [-0.25, -0.2) is 4.57 Å². The number of esters is 2. The topological polar surface area (TPSA) is 210 Å². The van der Waals surface area contributed by atoms with Gasteiger partial charge in [-0.15, -0.1) is 0 Å². The van der Waals surface area contributed by atoms with Crippen molar-refractivity contribution < 1.29 is 63.1 Å². The van der Waals surface area contributed by atoms with Gasteiger partial charge in [0.1, 0.15) is 43.2 Å². The fourth-order valence-electron chi connectivity index (χ4n) is 7.69. The molecule has 1 saturated carbocycles. The fraction of sp³-hybridized carbons (Fsp3) is 0.878. The van der Waals surface area contributed by atoms with E-state index in [0.717, 1.165) is 51.4 Å². The minimum Gasteiger partial charge on any atom is -0.462 e. The molecule has 0 aromatic rings. The van der Waals surface area contributed by atoms with Gasteiger partial charge in [0.15, 0.2) is 6.10 Å². The summed E-state index contributed by atoms with van der Waals surface area (Å²) in [6, 6.07) is 0. The Morgan fingerprint density at radius 3 is 1.30 bits per heavy atom. The number of carbonyl (C=O) groups excluding carboxylic acids is 2. The Morgan fingerprint density at radius 2 is 0.841 bits per heavy atom. The van der Waals surface area contributed by atoms with Crippen LogP contribution in [0.15, 0.2) is 24.3 Å². The molecule has 8 atom stereocenters. The van der Waals surface area contributed by atoms with E-state index < -0.39 is 75.7 Å². The molecular weight excluding hydrogens is 828 g/mol. The lowest BCUT2D eigenvalue weighted by Crippen LogP contribution is -2.64. The largest absolute Gasteiger partial charge is 0.472 e. The minimum atomic E-state index is -5.12. The van der Waals surface area contributed by atoms with Crippen LogP contribution >= 0.6 is 7.82 Å². The third-order valence-corrected chi connectivity index (χ3v) is 12.8. The minimum absolute atomic E-state index is 0.0824. The van der Waals surface area contributed by atoms with E-state index in [0.29, 0.717) is 19.3 Å². The highest BCUT2D eigenvalue weighted by atomic mass is 31.2. The van der Waals surface area contributed by atoms with Crippen LogP contribution in [0.5, 0.6) is 0 Å². The molecule has 1 aliphatic rings. The zero-order valence-electron chi connectivity index (χ0n) is 39.4. The van der Waals surface area contributed by atoms with E-state index in [-0.39, 0.29) is 12.8 Å². The highest BCUT2D eigenvalue weighted by molar-refractivity contribution is 7.47. The second-order valence-electron chi connectivity index (χ2n) is 17.7. The molecule has 1 rings (SSSR count). The van der Waals surface area contributed by atoms with E-state index in [1.165, 1.54) is 122 Å². The molecule has 13 nitrogen and oxygen atoms in total. The predicted octanol–water partition coefficient (Wildman–Crippen LogP) is 10.4. The number of carbonyl (C=O) groups is 2. The van der Waals surface area contributed by atoms with Gasteiger partial charge < -0.3 is 39.9 Å².